The highest BCUT2D eigenvalue weighted by molar-refractivity contribution is 5.80. The van der Waals surface area contributed by atoms with Gasteiger partial charge in [0.05, 0.1) is 0 Å². The molecule has 1 unspecified atom stereocenters. The van der Waals surface area contributed by atoms with Crippen molar-refractivity contribution in [3.05, 3.63) is 0 Å². The second-order valence-corrected chi connectivity index (χ2v) is 4.67. The van der Waals surface area contributed by atoms with Crippen LogP contribution in [0.3, 0.4) is 0 Å². The van der Waals surface area contributed by atoms with E-state index in [0.29, 0.717) is 19.6 Å². The highest BCUT2D eigenvalue weighted by atomic mass is 16.2. The maximum atomic E-state index is 12.0. The van der Waals surface area contributed by atoms with E-state index in [9.17, 15) is 9.59 Å². The molecule has 0 aromatic carbocycles. The Labute approximate surface area is 103 Å². The molecule has 5 heteroatoms. The van der Waals surface area contributed by atoms with Gasteiger partial charge in [-0.3, -0.25) is 9.59 Å². The van der Waals surface area contributed by atoms with E-state index in [2.05, 4.69) is 10.6 Å². The third-order valence-corrected chi connectivity index (χ3v) is 3.36. The fourth-order valence-corrected chi connectivity index (χ4v) is 2.27. The third-order valence-electron chi connectivity index (χ3n) is 3.36. The van der Waals surface area contributed by atoms with Gasteiger partial charge in [0, 0.05) is 38.5 Å². The van der Waals surface area contributed by atoms with Crippen molar-refractivity contribution in [1.29, 1.82) is 0 Å². The predicted molar refractivity (Wildman–Crippen MR) is 66.5 cm³/mol. The molecular formula is C12H23N3O2. The Balaban J connectivity index is 2.41. The van der Waals surface area contributed by atoms with Gasteiger partial charge in [-0.1, -0.05) is 6.92 Å². The molecule has 0 aliphatic carbocycles. The molecule has 0 aromatic rings. The number of carbonyl (C=O) groups is 2. The first-order chi connectivity index (χ1) is 8.10. The standard InChI is InChI=1S/C12H23N3O2/c1-9(8-13-2)12(17)15-6-4-10(5-7-15)11(16)14-3/h9-10,13H,4-8H2,1-3H3,(H,14,16). The summed E-state index contributed by atoms with van der Waals surface area (Å²) in [5.41, 5.74) is 0. The first-order valence-electron chi connectivity index (χ1n) is 6.25. The van der Waals surface area contributed by atoms with E-state index in [-0.39, 0.29) is 23.7 Å². The van der Waals surface area contributed by atoms with Crippen LogP contribution in [-0.4, -0.2) is 50.4 Å². The SMILES string of the molecule is CNCC(C)C(=O)N1CCC(C(=O)NC)CC1. The zero-order valence-electron chi connectivity index (χ0n) is 11.0. The zero-order chi connectivity index (χ0) is 12.8. The van der Waals surface area contributed by atoms with Crippen LogP contribution in [0.1, 0.15) is 19.8 Å². The summed E-state index contributed by atoms with van der Waals surface area (Å²) in [5.74, 6) is 0.371. The third kappa shape index (κ3) is 3.70. The van der Waals surface area contributed by atoms with Gasteiger partial charge in [-0.05, 0) is 19.9 Å². The fourth-order valence-electron chi connectivity index (χ4n) is 2.27. The van der Waals surface area contributed by atoms with Crippen LogP contribution in [0.25, 0.3) is 0 Å². The number of rotatable bonds is 4. The number of hydrogen-bond donors (Lipinski definition) is 2. The van der Waals surface area contributed by atoms with Crippen LogP contribution in [0.4, 0.5) is 0 Å². The number of nitrogens with one attached hydrogen (secondary N) is 2. The number of carbonyl (C=O) groups excluding carboxylic acids is 2. The van der Waals surface area contributed by atoms with Gasteiger partial charge in [0.1, 0.15) is 0 Å². The van der Waals surface area contributed by atoms with Gasteiger partial charge in [-0.25, -0.2) is 0 Å². The Morgan fingerprint density at radius 1 is 1.29 bits per heavy atom. The van der Waals surface area contributed by atoms with E-state index in [0.717, 1.165) is 12.8 Å². The summed E-state index contributed by atoms with van der Waals surface area (Å²) in [4.78, 5) is 25.4. The van der Waals surface area contributed by atoms with Gasteiger partial charge in [-0.2, -0.15) is 0 Å². The van der Waals surface area contributed by atoms with E-state index < -0.39 is 0 Å². The molecule has 98 valence electrons. The minimum absolute atomic E-state index is 0.0107. The van der Waals surface area contributed by atoms with E-state index >= 15 is 0 Å². The van der Waals surface area contributed by atoms with Gasteiger partial charge in [-0.15, -0.1) is 0 Å². The lowest BCUT2D eigenvalue weighted by Crippen LogP contribution is -2.45. The van der Waals surface area contributed by atoms with Gasteiger partial charge < -0.3 is 15.5 Å². The lowest BCUT2D eigenvalue weighted by molar-refractivity contribution is -0.138. The van der Waals surface area contributed by atoms with Crippen molar-refractivity contribution in [2.24, 2.45) is 11.8 Å². The molecule has 1 atom stereocenters. The van der Waals surface area contributed by atoms with E-state index in [4.69, 9.17) is 0 Å². The molecule has 17 heavy (non-hydrogen) atoms. The monoisotopic (exact) mass is 241 g/mol. The molecule has 2 amide bonds. The van der Waals surface area contributed by atoms with Crippen molar-refractivity contribution in [1.82, 2.24) is 15.5 Å². The number of nitrogens with zero attached hydrogens (tertiary/aromatic N) is 1. The molecule has 1 saturated heterocycles. The molecule has 2 N–H and O–H groups in total. The van der Waals surface area contributed by atoms with Crippen molar-refractivity contribution in [3.63, 3.8) is 0 Å². The number of amides is 2. The van der Waals surface area contributed by atoms with Gasteiger partial charge in [0.15, 0.2) is 0 Å². The van der Waals surface area contributed by atoms with Crippen molar-refractivity contribution in [3.8, 4) is 0 Å². The second kappa shape index (κ2) is 6.59. The summed E-state index contributed by atoms with van der Waals surface area (Å²) in [6, 6.07) is 0. The van der Waals surface area contributed by atoms with Crippen molar-refractivity contribution in [2.75, 3.05) is 33.7 Å². The van der Waals surface area contributed by atoms with Crippen LogP contribution in [0.5, 0.6) is 0 Å². The first kappa shape index (κ1) is 14.0. The lowest BCUT2D eigenvalue weighted by atomic mass is 9.95. The largest absolute Gasteiger partial charge is 0.359 e. The van der Waals surface area contributed by atoms with E-state index in [1.54, 1.807) is 7.05 Å². The van der Waals surface area contributed by atoms with Crippen LogP contribution in [-0.2, 0) is 9.59 Å². The topological polar surface area (TPSA) is 61.4 Å². The molecule has 1 fully saturated rings. The highest BCUT2D eigenvalue weighted by Crippen LogP contribution is 2.18. The summed E-state index contributed by atoms with van der Waals surface area (Å²) in [7, 11) is 3.51. The van der Waals surface area contributed by atoms with E-state index in [1.165, 1.54) is 0 Å². The first-order valence-corrected chi connectivity index (χ1v) is 6.25. The lowest BCUT2D eigenvalue weighted by Gasteiger charge is -2.32. The van der Waals surface area contributed by atoms with Crippen molar-refractivity contribution >= 4 is 11.8 Å². The average molecular weight is 241 g/mol. The molecule has 0 spiro atoms. The average Bonchev–Trinajstić information content (AvgIpc) is 2.37. The predicted octanol–water partition coefficient (Wildman–Crippen LogP) is -0.173. The number of piperidine rings is 1. The Kier molecular flexibility index (Phi) is 5.41. The quantitative estimate of drug-likeness (QED) is 0.718. The molecule has 1 aliphatic rings. The normalized spacial score (nSPS) is 18.9. The second-order valence-electron chi connectivity index (χ2n) is 4.67. The summed E-state index contributed by atoms with van der Waals surface area (Å²) < 4.78 is 0. The molecule has 5 nitrogen and oxygen atoms in total. The van der Waals surface area contributed by atoms with Gasteiger partial charge in [0.2, 0.25) is 11.8 Å². The highest BCUT2D eigenvalue weighted by Gasteiger charge is 2.28. The van der Waals surface area contributed by atoms with Crippen molar-refractivity contribution < 1.29 is 9.59 Å². The van der Waals surface area contributed by atoms with Crippen LogP contribution >= 0.6 is 0 Å². The van der Waals surface area contributed by atoms with Crippen molar-refractivity contribution in [2.45, 2.75) is 19.8 Å². The molecule has 0 aromatic heterocycles. The molecule has 1 heterocycles. The maximum absolute atomic E-state index is 12.0. The summed E-state index contributed by atoms with van der Waals surface area (Å²) in [6.45, 7) is 4.04. The van der Waals surface area contributed by atoms with Crippen LogP contribution in [0, 0.1) is 11.8 Å². The fraction of sp³-hybridized carbons (Fsp3) is 0.833. The maximum Gasteiger partial charge on any atom is 0.226 e. The molecule has 1 aliphatic heterocycles. The minimum atomic E-state index is 0.0107. The molecule has 0 bridgehead atoms. The van der Waals surface area contributed by atoms with Crippen LogP contribution < -0.4 is 10.6 Å². The number of likely N-dealkylation sites (tertiary alicyclic amines) is 1. The van der Waals surface area contributed by atoms with Crippen LogP contribution in [0.2, 0.25) is 0 Å². The van der Waals surface area contributed by atoms with Gasteiger partial charge in [0.25, 0.3) is 0 Å². The summed E-state index contributed by atoms with van der Waals surface area (Å²) in [6.07, 6.45) is 1.55. The van der Waals surface area contributed by atoms with E-state index in [1.807, 2.05) is 18.9 Å². The molecule has 0 radical (unpaired) electrons. The number of hydrogen-bond acceptors (Lipinski definition) is 3. The summed E-state index contributed by atoms with van der Waals surface area (Å²) in [5, 5.41) is 5.68. The Hall–Kier alpha value is -1.10. The molecule has 1 rings (SSSR count). The Bertz CT molecular complexity index is 273. The Morgan fingerprint density at radius 3 is 2.35 bits per heavy atom. The zero-order valence-corrected chi connectivity index (χ0v) is 11.0. The minimum Gasteiger partial charge on any atom is -0.359 e. The van der Waals surface area contributed by atoms with Crippen LogP contribution in [0.15, 0.2) is 0 Å². The smallest absolute Gasteiger partial charge is 0.226 e. The summed E-state index contributed by atoms with van der Waals surface area (Å²) >= 11 is 0. The molecule has 0 saturated carbocycles. The van der Waals surface area contributed by atoms with Gasteiger partial charge >= 0.3 is 0 Å². The molecular weight excluding hydrogens is 218 g/mol. The Morgan fingerprint density at radius 2 is 1.88 bits per heavy atom.